The van der Waals surface area contributed by atoms with Crippen LogP contribution in [0.1, 0.15) is 19.8 Å². The Morgan fingerprint density at radius 3 is 2.74 bits per heavy atom. The topological polar surface area (TPSA) is 61.9 Å². The molecule has 0 bridgehead atoms. The highest BCUT2D eigenvalue weighted by Crippen LogP contribution is 2.22. The number of rotatable bonds is 4. The molecule has 1 saturated heterocycles. The highest BCUT2D eigenvalue weighted by atomic mass is 16.5. The van der Waals surface area contributed by atoms with Crippen molar-refractivity contribution in [3.63, 3.8) is 0 Å². The first-order valence-corrected chi connectivity index (χ1v) is 8.09. The quantitative estimate of drug-likeness (QED) is 0.928. The molecule has 1 aromatic rings. The molecule has 1 unspecified atom stereocenters. The van der Waals surface area contributed by atoms with E-state index < -0.39 is 0 Å². The number of carbonyl (C=O) groups excluding carboxylic acids is 2. The first-order chi connectivity index (χ1) is 11.2. The Bertz CT molecular complexity index is 521. The van der Waals surface area contributed by atoms with Gasteiger partial charge < -0.3 is 15.0 Å². The molecule has 6 nitrogen and oxygen atoms in total. The predicted octanol–water partition coefficient (Wildman–Crippen LogP) is 2.70. The van der Waals surface area contributed by atoms with Crippen molar-refractivity contribution in [1.29, 1.82) is 0 Å². The number of para-hydroxylation sites is 1. The van der Waals surface area contributed by atoms with Crippen LogP contribution < -0.4 is 10.2 Å². The number of piperidine rings is 1. The van der Waals surface area contributed by atoms with E-state index in [-0.39, 0.29) is 18.0 Å². The molecule has 0 radical (unpaired) electrons. The van der Waals surface area contributed by atoms with Crippen LogP contribution in [0.2, 0.25) is 0 Å². The van der Waals surface area contributed by atoms with E-state index in [2.05, 4.69) is 5.32 Å². The van der Waals surface area contributed by atoms with Crippen LogP contribution in [0.5, 0.6) is 0 Å². The average molecular weight is 319 g/mol. The van der Waals surface area contributed by atoms with Crippen LogP contribution in [0, 0.1) is 5.92 Å². The van der Waals surface area contributed by atoms with Gasteiger partial charge in [0.1, 0.15) is 0 Å². The van der Waals surface area contributed by atoms with Crippen LogP contribution in [0.3, 0.4) is 0 Å². The van der Waals surface area contributed by atoms with E-state index in [1.807, 2.05) is 37.3 Å². The molecule has 1 aliphatic rings. The molecule has 1 heterocycles. The van der Waals surface area contributed by atoms with E-state index in [1.54, 1.807) is 9.80 Å². The van der Waals surface area contributed by atoms with Crippen molar-refractivity contribution in [3.8, 4) is 0 Å². The minimum absolute atomic E-state index is 0.103. The van der Waals surface area contributed by atoms with Gasteiger partial charge in [-0.2, -0.15) is 0 Å². The number of hydrogen-bond acceptors (Lipinski definition) is 3. The number of ether oxygens (including phenoxy) is 1. The maximum atomic E-state index is 12.4. The number of carbonyl (C=O) groups is 2. The van der Waals surface area contributed by atoms with Gasteiger partial charge >= 0.3 is 12.1 Å². The number of nitrogens with zero attached hydrogens (tertiary/aromatic N) is 2. The summed E-state index contributed by atoms with van der Waals surface area (Å²) in [7, 11) is 1.40. The van der Waals surface area contributed by atoms with E-state index in [1.165, 1.54) is 7.11 Å². The second kappa shape index (κ2) is 8.41. The van der Waals surface area contributed by atoms with Gasteiger partial charge in [-0.15, -0.1) is 0 Å². The van der Waals surface area contributed by atoms with E-state index in [0.717, 1.165) is 25.1 Å². The van der Waals surface area contributed by atoms with Crippen molar-refractivity contribution < 1.29 is 14.3 Å². The lowest BCUT2D eigenvalue weighted by Gasteiger charge is -2.35. The summed E-state index contributed by atoms with van der Waals surface area (Å²) in [6, 6.07) is 9.52. The molecule has 1 N–H and O–H groups in total. The highest BCUT2D eigenvalue weighted by molar-refractivity contribution is 5.91. The van der Waals surface area contributed by atoms with Crippen molar-refractivity contribution >= 4 is 17.8 Å². The fraction of sp³-hybridized carbons (Fsp3) is 0.529. The highest BCUT2D eigenvalue weighted by Gasteiger charge is 2.27. The Kier molecular flexibility index (Phi) is 6.26. The Morgan fingerprint density at radius 1 is 1.35 bits per heavy atom. The third-order valence-electron chi connectivity index (χ3n) is 4.03. The van der Waals surface area contributed by atoms with E-state index in [4.69, 9.17) is 4.74 Å². The summed E-state index contributed by atoms with van der Waals surface area (Å²) in [6.07, 6.45) is 1.63. The summed E-state index contributed by atoms with van der Waals surface area (Å²) in [4.78, 5) is 27.6. The number of anilines is 1. The van der Waals surface area contributed by atoms with Crippen molar-refractivity contribution in [1.82, 2.24) is 10.2 Å². The van der Waals surface area contributed by atoms with Crippen LogP contribution in [-0.2, 0) is 4.74 Å². The Hall–Kier alpha value is -2.24. The molecule has 23 heavy (non-hydrogen) atoms. The Balaban J connectivity index is 2.08. The molecule has 2 rings (SSSR count). The minimum Gasteiger partial charge on any atom is -0.453 e. The molecular weight excluding hydrogens is 294 g/mol. The molecule has 1 aliphatic heterocycles. The summed E-state index contributed by atoms with van der Waals surface area (Å²) in [5.74, 6) is 0.241. The number of hydrogen-bond donors (Lipinski definition) is 1. The fourth-order valence-corrected chi connectivity index (χ4v) is 2.93. The second-order valence-electron chi connectivity index (χ2n) is 5.71. The van der Waals surface area contributed by atoms with Gasteiger partial charge in [-0.1, -0.05) is 18.2 Å². The van der Waals surface area contributed by atoms with Crippen molar-refractivity contribution in [3.05, 3.63) is 30.3 Å². The predicted molar refractivity (Wildman–Crippen MR) is 89.6 cm³/mol. The third kappa shape index (κ3) is 4.61. The maximum absolute atomic E-state index is 12.4. The van der Waals surface area contributed by atoms with Gasteiger partial charge in [0.05, 0.1) is 7.11 Å². The maximum Gasteiger partial charge on any atom is 0.409 e. The van der Waals surface area contributed by atoms with E-state index >= 15 is 0 Å². The lowest BCUT2D eigenvalue weighted by molar-refractivity contribution is 0.103. The number of benzene rings is 1. The summed E-state index contributed by atoms with van der Waals surface area (Å²) < 4.78 is 4.81. The van der Waals surface area contributed by atoms with Crippen LogP contribution >= 0.6 is 0 Å². The molecule has 126 valence electrons. The number of urea groups is 1. The number of likely N-dealkylation sites (tertiary alicyclic amines) is 1. The third-order valence-corrected chi connectivity index (χ3v) is 4.03. The van der Waals surface area contributed by atoms with E-state index in [9.17, 15) is 9.59 Å². The monoisotopic (exact) mass is 319 g/mol. The first kappa shape index (κ1) is 17.1. The molecule has 0 aromatic heterocycles. The second-order valence-corrected chi connectivity index (χ2v) is 5.71. The Morgan fingerprint density at radius 2 is 2.09 bits per heavy atom. The van der Waals surface area contributed by atoms with Gasteiger partial charge in [0.15, 0.2) is 0 Å². The van der Waals surface area contributed by atoms with Crippen LogP contribution in [0.15, 0.2) is 30.3 Å². The summed E-state index contributed by atoms with van der Waals surface area (Å²) in [5, 5.41) is 2.86. The minimum atomic E-state index is -0.293. The zero-order valence-corrected chi connectivity index (χ0v) is 13.8. The van der Waals surface area contributed by atoms with Crippen LogP contribution in [0.4, 0.5) is 15.3 Å². The number of nitrogens with one attached hydrogen (secondary N) is 1. The molecule has 0 aliphatic carbocycles. The lowest BCUT2D eigenvalue weighted by atomic mass is 9.97. The van der Waals surface area contributed by atoms with Gasteiger partial charge in [-0.25, -0.2) is 9.59 Å². The standard InChI is InChI=1S/C17H25N3O3/c1-3-18-16(21)20(15-9-5-4-6-10-15)13-14-8-7-11-19(12-14)17(22)23-2/h4-6,9-10,14H,3,7-8,11-13H2,1-2H3,(H,18,21). The molecule has 1 fully saturated rings. The summed E-state index contributed by atoms with van der Waals surface area (Å²) in [6.45, 7) is 4.41. The summed E-state index contributed by atoms with van der Waals surface area (Å²) in [5.41, 5.74) is 0.869. The fourth-order valence-electron chi connectivity index (χ4n) is 2.93. The zero-order valence-electron chi connectivity index (χ0n) is 13.8. The lowest BCUT2D eigenvalue weighted by Crippen LogP contribution is -2.47. The first-order valence-electron chi connectivity index (χ1n) is 8.09. The van der Waals surface area contributed by atoms with Gasteiger partial charge in [-0.05, 0) is 37.8 Å². The molecule has 1 atom stereocenters. The Labute approximate surface area is 137 Å². The van der Waals surface area contributed by atoms with Crippen molar-refractivity contribution in [2.45, 2.75) is 19.8 Å². The molecule has 0 spiro atoms. The van der Waals surface area contributed by atoms with E-state index in [0.29, 0.717) is 19.6 Å². The molecular formula is C17H25N3O3. The number of amides is 3. The number of methoxy groups -OCH3 is 1. The zero-order chi connectivity index (χ0) is 16.7. The molecule has 6 heteroatoms. The van der Waals surface area contributed by atoms with Gasteiger partial charge in [0.2, 0.25) is 0 Å². The molecule has 1 aromatic carbocycles. The molecule has 3 amide bonds. The largest absolute Gasteiger partial charge is 0.453 e. The summed E-state index contributed by atoms with van der Waals surface area (Å²) >= 11 is 0. The van der Waals surface area contributed by atoms with Gasteiger partial charge in [0.25, 0.3) is 0 Å². The average Bonchev–Trinajstić information content (AvgIpc) is 2.60. The normalized spacial score (nSPS) is 17.5. The smallest absolute Gasteiger partial charge is 0.409 e. The van der Waals surface area contributed by atoms with Gasteiger partial charge in [-0.3, -0.25) is 4.90 Å². The van der Waals surface area contributed by atoms with Crippen LogP contribution in [-0.4, -0.2) is 50.3 Å². The molecule has 0 saturated carbocycles. The van der Waals surface area contributed by atoms with Crippen LogP contribution in [0.25, 0.3) is 0 Å². The van der Waals surface area contributed by atoms with Crippen molar-refractivity contribution in [2.24, 2.45) is 5.92 Å². The van der Waals surface area contributed by atoms with Gasteiger partial charge in [0, 0.05) is 31.9 Å². The SMILES string of the molecule is CCNC(=O)N(CC1CCCN(C(=O)OC)C1)c1ccccc1. The van der Waals surface area contributed by atoms with Crippen molar-refractivity contribution in [2.75, 3.05) is 38.2 Å².